The Morgan fingerprint density at radius 1 is 1.16 bits per heavy atom. The van der Waals surface area contributed by atoms with E-state index in [1.807, 2.05) is 0 Å². The second-order valence-corrected chi connectivity index (χ2v) is 9.59. The van der Waals surface area contributed by atoms with Gasteiger partial charge in [0.2, 0.25) is 10.0 Å². The predicted octanol–water partition coefficient (Wildman–Crippen LogP) is 1.01. The molecule has 0 aliphatic heterocycles. The number of aromatic nitrogens is 2. The zero-order valence-electron chi connectivity index (χ0n) is 17.0. The second kappa shape index (κ2) is 9.96. The number of aryl methyl sites for hydroxylation is 1. The summed E-state index contributed by atoms with van der Waals surface area (Å²) >= 11 is 1.16. The largest absolute Gasteiger partial charge is 0.399 e. The number of carbonyl (C=O) groups is 2. The van der Waals surface area contributed by atoms with Gasteiger partial charge in [-0.15, -0.1) is 10.2 Å². The highest BCUT2D eigenvalue weighted by atomic mass is 32.2. The van der Waals surface area contributed by atoms with E-state index in [1.54, 1.807) is 43.3 Å². The van der Waals surface area contributed by atoms with E-state index in [1.165, 1.54) is 12.1 Å². The Morgan fingerprint density at radius 3 is 2.53 bits per heavy atom. The average molecular weight is 476 g/mol. The number of rotatable bonds is 8. The van der Waals surface area contributed by atoms with Gasteiger partial charge < -0.3 is 16.2 Å². The van der Waals surface area contributed by atoms with Crippen molar-refractivity contribution in [1.29, 1.82) is 0 Å². The third kappa shape index (κ3) is 5.95. The lowest BCUT2D eigenvalue weighted by atomic mass is 10.2. The highest BCUT2D eigenvalue weighted by molar-refractivity contribution is 7.89. The highest BCUT2D eigenvalue weighted by Gasteiger charge is 2.28. The smallest absolute Gasteiger partial charge is 0.333 e. The number of hydrogen-bond donors (Lipinski definition) is 3. The van der Waals surface area contributed by atoms with E-state index in [0.717, 1.165) is 22.5 Å². The standard InChI is InChI=1S/C20H21N5O5S2/c1-12-3-2-4-15(9-12)32(28,29)25-16(11-21)20(27)30-18(26)10-17-23-24-19(31-17)13-5-7-14(22)8-6-13/h2-9,16,25H,10-11,21-22H2,1H3. The first kappa shape index (κ1) is 23.5. The van der Waals surface area contributed by atoms with E-state index in [9.17, 15) is 18.0 Å². The third-order valence-corrected chi connectivity index (χ3v) is 6.69. The molecule has 0 aliphatic carbocycles. The molecule has 5 N–H and O–H groups in total. The zero-order valence-corrected chi connectivity index (χ0v) is 18.7. The molecule has 0 saturated carbocycles. The van der Waals surface area contributed by atoms with Gasteiger partial charge in [0.25, 0.3) is 0 Å². The molecule has 3 rings (SSSR count). The first-order chi connectivity index (χ1) is 15.2. The summed E-state index contributed by atoms with van der Waals surface area (Å²) < 4.78 is 32.0. The Morgan fingerprint density at radius 2 is 1.88 bits per heavy atom. The Kier molecular flexibility index (Phi) is 7.30. The molecular weight excluding hydrogens is 454 g/mol. The molecule has 1 heterocycles. The van der Waals surface area contributed by atoms with Crippen molar-refractivity contribution in [2.45, 2.75) is 24.3 Å². The van der Waals surface area contributed by atoms with Crippen molar-refractivity contribution in [1.82, 2.24) is 14.9 Å². The van der Waals surface area contributed by atoms with E-state index in [-0.39, 0.29) is 11.3 Å². The summed E-state index contributed by atoms with van der Waals surface area (Å²) in [5, 5.41) is 8.84. The number of sulfonamides is 1. The molecule has 1 atom stereocenters. The molecule has 10 nitrogen and oxygen atoms in total. The normalized spacial score (nSPS) is 12.3. The molecule has 0 amide bonds. The summed E-state index contributed by atoms with van der Waals surface area (Å²) in [5.41, 5.74) is 13.3. The van der Waals surface area contributed by atoms with Crippen LogP contribution in [0.15, 0.2) is 53.4 Å². The van der Waals surface area contributed by atoms with Crippen molar-refractivity contribution in [3.63, 3.8) is 0 Å². The fraction of sp³-hybridized carbons (Fsp3) is 0.200. The fourth-order valence-corrected chi connectivity index (χ4v) is 4.77. The Hall–Kier alpha value is -3.19. The van der Waals surface area contributed by atoms with Gasteiger partial charge in [-0.05, 0) is 48.9 Å². The number of benzene rings is 2. The first-order valence-electron chi connectivity index (χ1n) is 9.40. The van der Waals surface area contributed by atoms with Gasteiger partial charge in [-0.2, -0.15) is 4.72 Å². The van der Waals surface area contributed by atoms with Crippen molar-refractivity contribution >= 4 is 39.0 Å². The predicted molar refractivity (Wildman–Crippen MR) is 119 cm³/mol. The van der Waals surface area contributed by atoms with Gasteiger partial charge in [-0.3, -0.25) is 4.79 Å². The van der Waals surface area contributed by atoms with Crippen LogP contribution in [0.4, 0.5) is 5.69 Å². The van der Waals surface area contributed by atoms with Gasteiger partial charge in [-0.25, -0.2) is 13.2 Å². The number of esters is 2. The van der Waals surface area contributed by atoms with Crippen LogP contribution >= 0.6 is 11.3 Å². The van der Waals surface area contributed by atoms with Gasteiger partial charge in [0.15, 0.2) is 0 Å². The fourth-order valence-electron chi connectivity index (χ4n) is 2.64. The Labute approximate surface area is 188 Å². The van der Waals surface area contributed by atoms with Gasteiger partial charge >= 0.3 is 11.9 Å². The van der Waals surface area contributed by atoms with Crippen LogP contribution < -0.4 is 16.2 Å². The Bertz CT molecular complexity index is 1230. The third-order valence-electron chi connectivity index (χ3n) is 4.25. The summed E-state index contributed by atoms with van der Waals surface area (Å²) in [6, 6.07) is 11.7. The number of nitrogens with two attached hydrogens (primary N) is 2. The van der Waals surface area contributed by atoms with Crippen molar-refractivity contribution in [2.24, 2.45) is 5.73 Å². The minimum absolute atomic E-state index is 0.0286. The molecule has 0 fully saturated rings. The van der Waals surface area contributed by atoms with Crippen LogP contribution in [0.2, 0.25) is 0 Å². The molecule has 0 radical (unpaired) electrons. The molecule has 1 unspecified atom stereocenters. The van der Waals surface area contributed by atoms with Crippen molar-refractivity contribution < 1.29 is 22.7 Å². The molecule has 0 bridgehead atoms. The van der Waals surface area contributed by atoms with Crippen molar-refractivity contribution in [2.75, 3.05) is 12.3 Å². The highest BCUT2D eigenvalue weighted by Crippen LogP contribution is 2.24. The van der Waals surface area contributed by atoms with Crippen molar-refractivity contribution in [3.05, 3.63) is 59.1 Å². The van der Waals surface area contributed by atoms with E-state index < -0.39 is 34.5 Å². The van der Waals surface area contributed by atoms with E-state index in [2.05, 4.69) is 14.9 Å². The van der Waals surface area contributed by atoms with Crippen LogP contribution in [0.25, 0.3) is 10.6 Å². The second-order valence-electron chi connectivity index (χ2n) is 6.82. The van der Waals surface area contributed by atoms with Crippen LogP contribution in [0, 0.1) is 6.92 Å². The van der Waals surface area contributed by atoms with Crippen molar-refractivity contribution in [3.8, 4) is 10.6 Å². The molecule has 0 aliphatic rings. The summed E-state index contributed by atoms with van der Waals surface area (Å²) in [6.07, 6.45) is -0.305. The molecule has 2 aromatic carbocycles. The summed E-state index contributed by atoms with van der Waals surface area (Å²) in [4.78, 5) is 24.5. The lowest BCUT2D eigenvalue weighted by Crippen LogP contribution is -2.47. The van der Waals surface area contributed by atoms with E-state index >= 15 is 0 Å². The number of nitrogens with zero attached hydrogens (tertiary/aromatic N) is 2. The number of anilines is 1. The molecule has 3 aromatic rings. The summed E-state index contributed by atoms with van der Waals surface area (Å²) in [7, 11) is -4.04. The molecule has 0 saturated heterocycles. The van der Waals surface area contributed by atoms with Gasteiger partial charge in [0.1, 0.15) is 22.5 Å². The quantitative estimate of drug-likeness (QED) is 0.245. The molecule has 1 aromatic heterocycles. The topological polar surface area (TPSA) is 167 Å². The minimum atomic E-state index is -4.04. The van der Waals surface area contributed by atoms with E-state index in [0.29, 0.717) is 15.7 Å². The van der Waals surface area contributed by atoms with Crippen LogP contribution in [0.5, 0.6) is 0 Å². The van der Waals surface area contributed by atoms with Crippen LogP contribution in [0.1, 0.15) is 10.6 Å². The maximum Gasteiger partial charge on any atom is 0.333 e. The molecule has 12 heteroatoms. The van der Waals surface area contributed by atoms with Crippen LogP contribution in [-0.2, 0) is 30.8 Å². The number of nitrogens with one attached hydrogen (secondary N) is 1. The van der Waals surface area contributed by atoms with Gasteiger partial charge in [-0.1, -0.05) is 23.5 Å². The van der Waals surface area contributed by atoms with Crippen LogP contribution in [-0.4, -0.2) is 43.1 Å². The monoisotopic (exact) mass is 475 g/mol. The van der Waals surface area contributed by atoms with Gasteiger partial charge in [0.05, 0.1) is 4.90 Å². The van der Waals surface area contributed by atoms with Crippen LogP contribution in [0.3, 0.4) is 0 Å². The molecule has 0 spiro atoms. The molecular formula is C20H21N5O5S2. The zero-order chi connectivity index (χ0) is 23.3. The first-order valence-corrected chi connectivity index (χ1v) is 11.7. The SMILES string of the molecule is Cc1cccc(S(=O)(=O)NC(CN)C(=O)OC(=O)Cc2nnc(-c3ccc(N)cc3)s2)c1. The molecule has 32 heavy (non-hydrogen) atoms. The summed E-state index contributed by atoms with van der Waals surface area (Å²) in [6.45, 7) is 1.34. The average Bonchev–Trinajstić information content (AvgIpc) is 3.20. The maximum absolute atomic E-state index is 12.5. The summed E-state index contributed by atoms with van der Waals surface area (Å²) in [5.74, 6) is -2.00. The number of hydrogen-bond acceptors (Lipinski definition) is 10. The maximum atomic E-state index is 12.5. The van der Waals surface area contributed by atoms with Gasteiger partial charge in [0, 0.05) is 17.8 Å². The minimum Gasteiger partial charge on any atom is -0.399 e. The van der Waals surface area contributed by atoms with E-state index in [4.69, 9.17) is 16.2 Å². The Balaban J connectivity index is 1.61. The molecule has 168 valence electrons. The number of carbonyl (C=O) groups excluding carboxylic acids is 2. The number of ether oxygens (including phenoxy) is 1. The lowest BCUT2D eigenvalue weighted by Gasteiger charge is -2.15. The number of nitrogen functional groups attached to an aromatic ring is 1. The lowest BCUT2D eigenvalue weighted by molar-refractivity contribution is -0.160.